The van der Waals surface area contributed by atoms with Crippen LogP contribution in [0.3, 0.4) is 0 Å². The molecular weight excluding hydrogens is 392 g/mol. The molecule has 31 heavy (non-hydrogen) atoms. The summed E-state index contributed by atoms with van der Waals surface area (Å²) in [6.07, 6.45) is 4.18. The predicted octanol–water partition coefficient (Wildman–Crippen LogP) is 5.22. The first-order valence-electron chi connectivity index (χ1n) is 11.0. The molecule has 0 bridgehead atoms. The number of ether oxygens (including phenoxy) is 4. The molecule has 0 N–H and O–H groups in total. The van der Waals surface area contributed by atoms with Gasteiger partial charge in [0.1, 0.15) is 0 Å². The van der Waals surface area contributed by atoms with Gasteiger partial charge < -0.3 is 18.9 Å². The fourth-order valence-corrected chi connectivity index (χ4v) is 3.57. The van der Waals surface area contributed by atoms with E-state index in [0.717, 1.165) is 17.5 Å². The van der Waals surface area contributed by atoms with Crippen LogP contribution in [0.2, 0.25) is 0 Å². The molecule has 0 aromatic heterocycles. The molecule has 1 heterocycles. The van der Waals surface area contributed by atoms with Crippen LogP contribution in [0.4, 0.5) is 0 Å². The van der Waals surface area contributed by atoms with Crippen LogP contribution in [0.15, 0.2) is 72.8 Å². The summed E-state index contributed by atoms with van der Waals surface area (Å²) in [5, 5.41) is 0. The van der Waals surface area contributed by atoms with E-state index in [1.807, 2.05) is 54.6 Å². The summed E-state index contributed by atoms with van der Waals surface area (Å²) < 4.78 is 23.4. The third-order valence-electron chi connectivity index (χ3n) is 5.25. The van der Waals surface area contributed by atoms with Crippen molar-refractivity contribution in [3.8, 4) is 0 Å². The van der Waals surface area contributed by atoms with E-state index < -0.39 is 6.29 Å². The highest BCUT2D eigenvalue weighted by molar-refractivity contribution is 5.81. The van der Waals surface area contributed by atoms with Gasteiger partial charge in [-0.3, -0.25) is 0 Å². The molecule has 5 heteroatoms. The zero-order valence-electron chi connectivity index (χ0n) is 18.3. The van der Waals surface area contributed by atoms with Gasteiger partial charge in [0.15, 0.2) is 6.29 Å². The summed E-state index contributed by atoms with van der Waals surface area (Å²) in [6.45, 7) is 5.50. The molecule has 0 saturated carbocycles. The van der Waals surface area contributed by atoms with Gasteiger partial charge in [-0.2, -0.15) is 0 Å². The Kier molecular flexibility index (Phi) is 9.28. The largest absolute Gasteiger partial charge is 0.463 e. The lowest BCUT2D eigenvalue weighted by Gasteiger charge is -2.38. The van der Waals surface area contributed by atoms with Crippen LogP contribution in [-0.4, -0.2) is 31.4 Å². The van der Waals surface area contributed by atoms with E-state index in [0.29, 0.717) is 26.2 Å². The second-order valence-electron chi connectivity index (χ2n) is 7.78. The second-order valence-corrected chi connectivity index (χ2v) is 7.78. The molecule has 2 aromatic carbocycles. The van der Waals surface area contributed by atoms with Crippen molar-refractivity contribution in [3.63, 3.8) is 0 Å². The van der Waals surface area contributed by atoms with E-state index in [1.54, 1.807) is 6.92 Å². The lowest BCUT2D eigenvalue weighted by atomic mass is 9.96. The van der Waals surface area contributed by atoms with Crippen LogP contribution in [0, 0.1) is 5.92 Å². The summed E-state index contributed by atoms with van der Waals surface area (Å²) in [5.74, 6) is -0.122. The van der Waals surface area contributed by atoms with Crippen molar-refractivity contribution in [1.29, 1.82) is 0 Å². The Morgan fingerprint density at radius 2 is 1.81 bits per heavy atom. The summed E-state index contributed by atoms with van der Waals surface area (Å²) in [7, 11) is 0. The highest BCUT2D eigenvalue weighted by Gasteiger charge is 2.33. The fourth-order valence-electron chi connectivity index (χ4n) is 3.57. The third kappa shape index (κ3) is 7.62. The molecule has 0 spiro atoms. The maximum absolute atomic E-state index is 11.6. The van der Waals surface area contributed by atoms with Gasteiger partial charge in [-0.05, 0) is 18.9 Å². The Morgan fingerprint density at radius 1 is 1.10 bits per heavy atom. The lowest BCUT2D eigenvalue weighted by molar-refractivity contribution is -0.259. The molecule has 0 radical (unpaired) electrons. The summed E-state index contributed by atoms with van der Waals surface area (Å²) in [5.41, 5.74) is 2.15. The zero-order valence-corrected chi connectivity index (χ0v) is 18.3. The van der Waals surface area contributed by atoms with Gasteiger partial charge in [0.2, 0.25) is 0 Å². The van der Waals surface area contributed by atoms with Crippen LogP contribution >= 0.6 is 0 Å². The minimum atomic E-state index is -0.433. The van der Waals surface area contributed by atoms with Gasteiger partial charge in [-0.15, -0.1) is 0 Å². The Balaban J connectivity index is 1.59. The number of benzene rings is 2. The minimum Gasteiger partial charge on any atom is -0.463 e. The van der Waals surface area contributed by atoms with Crippen molar-refractivity contribution in [2.24, 2.45) is 5.92 Å². The molecular formula is C26H32O5. The molecule has 166 valence electrons. The Bertz CT molecular complexity index is 805. The van der Waals surface area contributed by atoms with Gasteiger partial charge in [0.25, 0.3) is 0 Å². The third-order valence-corrected chi connectivity index (χ3v) is 5.25. The molecule has 0 amide bonds. The minimum absolute atomic E-state index is 0.00396. The van der Waals surface area contributed by atoms with Crippen LogP contribution in [-0.2, 0) is 30.3 Å². The first-order chi connectivity index (χ1) is 15.2. The first kappa shape index (κ1) is 23.2. The molecule has 2 aromatic rings. The van der Waals surface area contributed by atoms with Gasteiger partial charge in [0, 0.05) is 24.0 Å². The fraction of sp³-hybridized carbons (Fsp3) is 0.423. The van der Waals surface area contributed by atoms with Crippen molar-refractivity contribution in [2.75, 3.05) is 13.2 Å². The Hall–Kier alpha value is -2.47. The van der Waals surface area contributed by atoms with Gasteiger partial charge in [-0.1, -0.05) is 73.7 Å². The van der Waals surface area contributed by atoms with E-state index in [-0.39, 0.29) is 24.1 Å². The van der Waals surface area contributed by atoms with Gasteiger partial charge in [-0.25, -0.2) is 4.79 Å². The lowest BCUT2D eigenvalue weighted by Crippen LogP contribution is -2.38. The quantitative estimate of drug-likeness (QED) is 0.387. The summed E-state index contributed by atoms with van der Waals surface area (Å²) >= 11 is 0. The molecule has 3 rings (SSSR count). The van der Waals surface area contributed by atoms with E-state index in [2.05, 4.69) is 19.1 Å². The topological polar surface area (TPSA) is 54.0 Å². The van der Waals surface area contributed by atoms with E-state index in [9.17, 15) is 4.79 Å². The molecule has 5 nitrogen and oxygen atoms in total. The highest BCUT2D eigenvalue weighted by Crippen LogP contribution is 2.34. The van der Waals surface area contributed by atoms with Crippen LogP contribution < -0.4 is 0 Å². The number of carbonyl (C=O) groups excluding carboxylic acids is 1. The SMILES string of the molecule is CCOC(=O)/C=C/C[C@H]1C[C@@H]([C@@H](C)COCc2ccccc2)OC(c2ccccc2)O1. The number of hydrogen-bond donors (Lipinski definition) is 0. The standard InChI is InChI=1S/C26H32O5/c1-3-29-25(27)16-10-15-23-17-24(31-26(30-23)22-13-8-5-9-14-22)20(2)18-28-19-21-11-6-4-7-12-21/h4-14,16,20,23-24,26H,3,15,17-19H2,1-2H3/b16-10+/t20-,23-,24-,26?/m0/s1. The molecule has 0 aliphatic carbocycles. The van der Waals surface area contributed by atoms with Crippen LogP contribution in [0.5, 0.6) is 0 Å². The second kappa shape index (κ2) is 12.4. The maximum atomic E-state index is 11.6. The van der Waals surface area contributed by atoms with Crippen molar-refractivity contribution in [2.45, 2.75) is 51.8 Å². The van der Waals surface area contributed by atoms with Crippen molar-refractivity contribution >= 4 is 5.97 Å². The monoisotopic (exact) mass is 424 g/mol. The average Bonchev–Trinajstić information content (AvgIpc) is 2.80. The predicted molar refractivity (Wildman–Crippen MR) is 119 cm³/mol. The van der Waals surface area contributed by atoms with Crippen LogP contribution in [0.1, 0.15) is 44.1 Å². The van der Waals surface area contributed by atoms with E-state index in [4.69, 9.17) is 18.9 Å². The summed E-state index contributed by atoms with van der Waals surface area (Å²) in [6, 6.07) is 20.1. The molecule has 1 aliphatic heterocycles. The number of hydrogen-bond acceptors (Lipinski definition) is 5. The Labute approximate surface area is 185 Å². The highest BCUT2D eigenvalue weighted by atomic mass is 16.7. The average molecular weight is 425 g/mol. The molecule has 1 saturated heterocycles. The van der Waals surface area contributed by atoms with Crippen molar-refractivity contribution in [1.82, 2.24) is 0 Å². The number of carbonyl (C=O) groups is 1. The summed E-state index contributed by atoms with van der Waals surface area (Å²) in [4.78, 5) is 11.6. The van der Waals surface area contributed by atoms with Gasteiger partial charge in [0.05, 0.1) is 32.0 Å². The van der Waals surface area contributed by atoms with Crippen LogP contribution in [0.25, 0.3) is 0 Å². The first-order valence-corrected chi connectivity index (χ1v) is 11.0. The number of esters is 1. The molecule has 4 atom stereocenters. The Morgan fingerprint density at radius 3 is 2.52 bits per heavy atom. The van der Waals surface area contributed by atoms with E-state index >= 15 is 0 Å². The maximum Gasteiger partial charge on any atom is 0.330 e. The number of rotatable bonds is 10. The van der Waals surface area contributed by atoms with E-state index in [1.165, 1.54) is 6.08 Å². The van der Waals surface area contributed by atoms with Gasteiger partial charge >= 0.3 is 5.97 Å². The van der Waals surface area contributed by atoms with Crippen molar-refractivity contribution in [3.05, 3.63) is 83.9 Å². The molecule has 1 fully saturated rings. The zero-order chi connectivity index (χ0) is 21.9. The molecule has 1 aliphatic rings. The molecule has 1 unspecified atom stereocenters. The normalized spacial score (nSPS) is 22.3. The van der Waals surface area contributed by atoms with Crippen molar-refractivity contribution < 1.29 is 23.7 Å². The smallest absolute Gasteiger partial charge is 0.330 e.